The molecule has 604 valence electrons. The first-order valence-electron chi connectivity index (χ1n) is 38.6. The van der Waals surface area contributed by atoms with E-state index in [1.54, 1.807) is 26.8 Å². The van der Waals surface area contributed by atoms with Crippen LogP contribution in [0.15, 0.2) is 6.08 Å². The Labute approximate surface area is 656 Å². The number of phenolic OH excluding ortho intramolecular Hbond substituents is 4. The molecule has 4 saturated heterocycles. The molecule has 0 saturated carbocycles. The molecule has 0 aliphatic carbocycles. The van der Waals surface area contributed by atoms with Crippen molar-refractivity contribution in [2.24, 2.45) is 5.41 Å². The molecule has 4 unspecified atom stereocenters. The van der Waals surface area contributed by atoms with E-state index < -0.39 is 22.4 Å². The maximum absolute atomic E-state index is 11.8. The van der Waals surface area contributed by atoms with Crippen molar-refractivity contribution in [3.8, 4) is 23.0 Å². The number of rotatable bonds is 38. The summed E-state index contributed by atoms with van der Waals surface area (Å²) in [7, 11) is 0. The average molecular weight is 1610 g/mol. The van der Waals surface area contributed by atoms with E-state index in [-0.39, 0.29) is 136 Å². The maximum Gasteiger partial charge on any atom is 0.166 e. The molecule has 0 radical (unpaired) electrons. The van der Waals surface area contributed by atoms with Crippen LogP contribution in [0, 0.1) is 26.7 Å². The Morgan fingerprint density at radius 3 is 1.01 bits per heavy atom. The molecule has 0 bridgehead atoms. The standard InChI is InChI=1S/C21H29ClO5.C21H27ClO5.C14H26O2.C13H22O3.C9H18O.C6H12O.CH3.Pd/c2*1-13-16(12-23)19(25)15(20(26)18(13)22)10-8-6-4-5-7-9-14-11-17(24)21(2,3)27-14;1-4-5-6-7-8-9-10-12-11-13(15)14(2,3)16-12;1-13(2)12(15)10-11(16-13)8-6-4-3-5-7-9-14;1-2-3-4-5-6-7-8-9-10;1-5(7)6(2,3)4;;/h12,14,25-26H,4-11H2,1-3H3;8,10,12,14,25-26H,4-7,9,11H2,1-3H3;12H,4-11H2,1-3H3;9,11H,3-8,10H2,1-2H3;9H,2-8H2,1H3;1-4H3;1H3;/q;;;;;;-1;/b;10-8+;;;;;;. The molecule has 4 fully saturated rings. The molecule has 20 heteroatoms. The first kappa shape index (κ1) is 103. The van der Waals surface area contributed by atoms with Crippen LogP contribution in [0.1, 0.15) is 365 Å². The van der Waals surface area contributed by atoms with E-state index in [9.17, 15) is 63.6 Å². The van der Waals surface area contributed by atoms with Gasteiger partial charge in [0.25, 0.3) is 0 Å². The Balaban J connectivity index is 0. The van der Waals surface area contributed by atoms with Crippen molar-refractivity contribution in [2.45, 2.75) is 389 Å². The first-order valence-corrected chi connectivity index (χ1v) is 39.4. The molecule has 17 nitrogen and oxygen atoms in total. The molecule has 6 rings (SSSR count). The molecule has 2 aromatic carbocycles. The van der Waals surface area contributed by atoms with E-state index in [2.05, 4.69) is 13.8 Å². The number of allylic oxidation sites excluding steroid dienone is 1. The summed E-state index contributed by atoms with van der Waals surface area (Å²) in [5.74, 6) is 0.290. The van der Waals surface area contributed by atoms with Gasteiger partial charge in [-0.15, -0.1) is 0 Å². The summed E-state index contributed by atoms with van der Waals surface area (Å²) in [6.07, 6.45) is 43.0. The summed E-state index contributed by atoms with van der Waals surface area (Å²) < 4.78 is 22.9. The summed E-state index contributed by atoms with van der Waals surface area (Å²) in [4.78, 5) is 99.3. The van der Waals surface area contributed by atoms with Crippen molar-refractivity contribution in [1.82, 2.24) is 0 Å². The topological polar surface area (TPSA) is 271 Å². The summed E-state index contributed by atoms with van der Waals surface area (Å²) in [6.45, 7) is 29.7. The van der Waals surface area contributed by atoms with Gasteiger partial charge in [-0.05, 0) is 151 Å². The van der Waals surface area contributed by atoms with E-state index in [0.717, 1.165) is 135 Å². The summed E-state index contributed by atoms with van der Waals surface area (Å²) in [5.41, 5.74) is -1.03. The minimum atomic E-state index is -0.646. The number of carbonyl (C=O) groups is 9. The van der Waals surface area contributed by atoms with E-state index in [1.165, 1.54) is 70.6 Å². The third-order valence-corrected chi connectivity index (χ3v) is 20.7. The molecule has 4 heterocycles. The van der Waals surface area contributed by atoms with Crippen LogP contribution in [0.2, 0.25) is 10.0 Å². The Hall–Kier alpha value is -4.51. The molecule has 0 spiro atoms. The second-order valence-corrected chi connectivity index (χ2v) is 32.1. The zero-order valence-corrected chi connectivity index (χ0v) is 70.5. The van der Waals surface area contributed by atoms with Crippen LogP contribution >= 0.6 is 23.2 Å². The third-order valence-electron chi connectivity index (χ3n) is 19.7. The van der Waals surface area contributed by atoms with Gasteiger partial charge in [0.05, 0.1) is 51.2 Å². The minimum Gasteiger partial charge on any atom is -0.507 e. The fourth-order valence-corrected chi connectivity index (χ4v) is 12.7. The molecule has 0 amide bonds. The number of Topliss-reactive ketones (excluding diaryl/α,β-unsaturated/α-hetero) is 5. The van der Waals surface area contributed by atoms with Crippen LogP contribution in [0.3, 0.4) is 0 Å². The zero-order chi connectivity index (χ0) is 78.2. The Kier molecular flexibility index (Phi) is 52.1. The third kappa shape index (κ3) is 38.6. The normalized spacial score (nSPS) is 18.7. The molecule has 4 atom stereocenters. The smallest absolute Gasteiger partial charge is 0.166 e. The largest absolute Gasteiger partial charge is 0.507 e. The molecule has 105 heavy (non-hydrogen) atoms. The predicted octanol–water partition coefficient (Wildman–Crippen LogP) is 21.4. The monoisotopic (exact) mass is 1610 g/mol. The fourth-order valence-electron chi connectivity index (χ4n) is 12.3. The molecular formula is C85H137Cl2O17Pd-. The van der Waals surface area contributed by atoms with Crippen molar-refractivity contribution in [3.05, 3.63) is 56.9 Å². The Morgan fingerprint density at radius 2 is 0.714 bits per heavy atom. The molecule has 4 N–H and O–H groups in total. The number of phenols is 4. The van der Waals surface area contributed by atoms with Crippen LogP contribution in [0.5, 0.6) is 23.0 Å². The van der Waals surface area contributed by atoms with E-state index in [0.29, 0.717) is 67.8 Å². The second kappa shape index (κ2) is 53.4. The molecular weight excluding hydrogens is 1470 g/mol. The van der Waals surface area contributed by atoms with Crippen molar-refractivity contribution < 1.29 is 103 Å². The number of halogens is 2. The number of hydrogen-bond acceptors (Lipinski definition) is 17. The SMILES string of the molecule is CC(=O)C(C)(C)C.CC1(C)OC(CCCCCCC=O)CC1=O.CCCCCCCCC1CC(=O)C(C)(C)O1.CCCCCCCCC=O.Cc1c(Cl)c(O)c(/C=C/CCCCCC2CC(=O)C(C)(C)O2)c(O)c1C=O.Cc1c(Cl)c(O)c(CCCCCCCC2CC(=O)C(C)(C)O2)c(O)c1C=O.[CH3-].[Pd]. The summed E-state index contributed by atoms with van der Waals surface area (Å²) >= 11 is 12.1. The average Bonchev–Trinajstić information content (AvgIpc) is 1.17. The van der Waals surface area contributed by atoms with E-state index in [1.807, 2.05) is 82.2 Å². The van der Waals surface area contributed by atoms with Crippen LogP contribution in [-0.2, 0) is 79.4 Å². The van der Waals surface area contributed by atoms with Gasteiger partial charge >= 0.3 is 0 Å². The number of ketones is 5. The fraction of sp³-hybridized carbons (Fsp3) is 0.718. The summed E-state index contributed by atoms with van der Waals surface area (Å²) in [5, 5.41) is 40.8. The number of aldehydes is 4. The number of ether oxygens (including phenoxy) is 4. The number of aromatic hydroxyl groups is 4. The van der Waals surface area contributed by atoms with Gasteiger partial charge < -0.3 is 56.4 Å². The van der Waals surface area contributed by atoms with Crippen molar-refractivity contribution >= 4 is 83.3 Å². The van der Waals surface area contributed by atoms with Crippen LogP contribution < -0.4 is 0 Å². The van der Waals surface area contributed by atoms with Crippen molar-refractivity contribution in [1.29, 1.82) is 0 Å². The van der Waals surface area contributed by atoms with Gasteiger partial charge in [0.2, 0.25) is 0 Å². The quantitative estimate of drug-likeness (QED) is 0.0210. The van der Waals surface area contributed by atoms with Crippen LogP contribution in [0.4, 0.5) is 0 Å². The number of hydrogen-bond donors (Lipinski definition) is 4. The molecule has 2 aromatic rings. The van der Waals surface area contributed by atoms with Gasteiger partial charge in [-0.3, -0.25) is 33.6 Å². The Morgan fingerprint density at radius 1 is 0.438 bits per heavy atom. The van der Waals surface area contributed by atoms with Gasteiger partial charge in [-0.2, -0.15) is 0 Å². The van der Waals surface area contributed by atoms with Gasteiger partial charge in [-0.1, -0.05) is 198 Å². The van der Waals surface area contributed by atoms with Gasteiger partial charge in [-0.25, -0.2) is 0 Å². The van der Waals surface area contributed by atoms with Gasteiger partial charge in [0, 0.05) is 69.9 Å². The minimum absolute atomic E-state index is 0. The second-order valence-electron chi connectivity index (χ2n) is 31.3. The molecule has 4 aliphatic rings. The van der Waals surface area contributed by atoms with Crippen LogP contribution in [0.25, 0.3) is 6.08 Å². The van der Waals surface area contributed by atoms with Crippen molar-refractivity contribution in [3.63, 3.8) is 0 Å². The van der Waals surface area contributed by atoms with Crippen LogP contribution in [-0.4, -0.2) is 121 Å². The molecule has 0 aromatic heterocycles. The van der Waals surface area contributed by atoms with Crippen molar-refractivity contribution in [2.75, 3.05) is 0 Å². The number of benzene rings is 2. The van der Waals surface area contributed by atoms with Gasteiger partial charge in [0.1, 0.15) is 63.8 Å². The van der Waals surface area contributed by atoms with E-state index in [4.69, 9.17) is 42.1 Å². The summed E-state index contributed by atoms with van der Waals surface area (Å²) in [6, 6.07) is 0. The number of carbonyl (C=O) groups excluding carboxylic acids is 9. The maximum atomic E-state index is 11.8. The number of unbranched alkanes of at least 4 members (excludes halogenated alkanes) is 22. The zero-order valence-electron chi connectivity index (χ0n) is 67.4. The first-order chi connectivity index (χ1) is 48.3. The van der Waals surface area contributed by atoms with E-state index >= 15 is 0 Å². The molecule has 4 aliphatic heterocycles. The van der Waals surface area contributed by atoms with Gasteiger partial charge in [0.15, 0.2) is 35.7 Å². The Bertz CT molecular complexity index is 2980. The predicted molar refractivity (Wildman–Crippen MR) is 420 cm³/mol.